The van der Waals surface area contributed by atoms with Gasteiger partial charge in [-0.05, 0) is 75.7 Å². The number of hydrogen-bond donors (Lipinski definition) is 1. The molecule has 1 saturated carbocycles. The summed E-state index contributed by atoms with van der Waals surface area (Å²) in [5.74, 6) is 0.512. The lowest BCUT2D eigenvalue weighted by atomic mass is 9.89. The molecule has 8 nitrogen and oxygen atoms in total. The van der Waals surface area contributed by atoms with Gasteiger partial charge in [0.05, 0.1) is 35.5 Å². The Morgan fingerprint density at radius 3 is 2.80 bits per heavy atom. The van der Waals surface area contributed by atoms with Crippen LogP contribution >= 0.6 is 0 Å². The fourth-order valence-electron chi connectivity index (χ4n) is 4.89. The molecule has 0 unspecified atom stereocenters. The van der Waals surface area contributed by atoms with Crippen LogP contribution in [0, 0.1) is 0 Å². The Morgan fingerprint density at radius 2 is 2.11 bits per heavy atom. The number of rotatable bonds is 9. The molecule has 8 heteroatoms. The maximum Gasteiger partial charge on any atom is 0.329 e. The summed E-state index contributed by atoms with van der Waals surface area (Å²) >= 11 is 0. The van der Waals surface area contributed by atoms with E-state index in [2.05, 4.69) is 27.7 Å². The average molecular weight is 476 g/mol. The van der Waals surface area contributed by atoms with Crippen LogP contribution in [0.15, 0.2) is 52.2 Å². The smallest absolute Gasteiger partial charge is 0.329 e. The van der Waals surface area contributed by atoms with Crippen molar-refractivity contribution in [2.45, 2.75) is 44.8 Å². The molecule has 0 amide bonds. The number of aliphatic hydroxyl groups excluding tert-OH is 1. The maximum absolute atomic E-state index is 13.0. The third kappa shape index (κ3) is 4.56. The first kappa shape index (κ1) is 23.5. The summed E-state index contributed by atoms with van der Waals surface area (Å²) in [6.07, 6.45) is 8.72. The van der Waals surface area contributed by atoms with E-state index in [-0.39, 0.29) is 17.8 Å². The van der Waals surface area contributed by atoms with Crippen LogP contribution in [0.3, 0.4) is 0 Å². The molecule has 3 heterocycles. The molecule has 1 aliphatic heterocycles. The van der Waals surface area contributed by atoms with Gasteiger partial charge in [0.15, 0.2) is 0 Å². The number of aryl methyl sites for hydroxylation is 1. The summed E-state index contributed by atoms with van der Waals surface area (Å²) in [7, 11) is 1.77. The molecule has 2 aromatic heterocycles. The van der Waals surface area contributed by atoms with Gasteiger partial charge in [0.2, 0.25) is 5.88 Å². The topological polar surface area (TPSA) is 84.9 Å². The van der Waals surface area contributed by atoms with E-state index in [1.54, 1.807) is 17.8 Å². The number of imidazole rings is 1. The predicted molar refractivity (Wildman–Crippen MR) is 140 cm³/mol. The molecule has 1 aliphatic carbocycles. The molecule has 0 atom stereocenters. The first-order chi connectivity index (χ1) is 17.0. The first-order valence-corrected chi connectivity index (χ1v) is 12.3. The molecule has 0 bridgehead atoms. The van der Waals surface area contributed by atoms with Crippen LogP contribution in [-0.2, 0) is 11.8 Å². The fourth-order valence-corrected chi connectivity index (χ4v) is 4.89. The van der Waals surface area contributed by atoms with Crippen molar-refractivity contribution in [1.82, 2.24) is 19.0 Å². The third-order valence-electron chi connectivity index (χ3n) is 7.27. The van der Waals surface area contributed by atoms with Crippen molar-refractivity contribution in [2.24, 2.45) is 12.0 Å². The Morgan fingerprint density at radius 1 is 1.31 bits per heavy atom. The van der Waals surface area contributed by atoms with Crippen LogP contribution in [-0.4, -0.2) is 63.2 Å². The number of aliphatic hydroxyl groups is 1. The van der Waals surface area contributed by atoms with E-state index in [0.29, 0.717) is 25.3 Å². The zero-order chi connectivity index (χ0) is 24.5. The highest BCUT2D eigenvalue weighted by Crippen LogP contribution is 2.36. The molecule has 3 aromatic rings. The lowest BCUT2D eigenvalue weighted by Crippen LogP contribution is -2.38. The molecule has 184 valence electrons. The van der Waals surface area contributed by atoms with Crippen molar-refractivity contribution in [3.63, 3.8) is 0 Å². The minimum atomic E-state index is -0.339. The van der Waals surface area contributed by atoms with Gasteiger partial charge in [-0.3, -0.25) is 14.1 Å². The van der Waals surface area contributed by atoms with E-state index in [4.69, 9.17) is 4.74 Å². The summed E-state index contributed by atoms with van der Waals surface area (Å²) in [5.41, 5.74) is 4.51. The second kappa shape index (κ2) is 9.79. The SMILES string of the molecule is C=N/C(=C\C=C(/C)c1ccc2ncc3c(c2c1)n([C@H]1C[C@@H](O)C1)c(=O)n3C)OCCCN1CCC1. The zero-order valence-corrected chi connectivity index (χ0v) is 20.5. The lowest BCUT2D eigenvalue weighted by molar-refractivity contribution is 0.0487. The van der Waals surface area contributed by atoms with E-state index < -0.39 is 0 Å². The molecule has 1 saturated heterocycles. The van der Waals surface area contributed by atoms with Crippen molar-refractivity contribution in [2.75, 3.05) is 26.2 Å². The van der Waals surface area contributed by atoms with Crippen LogP contribution in [0.2, 0.25) is 0 Å². The Labute approximate surface area is 204 Å². The number of pyridine rings is 1. The number of fused-ring (bicyclic) bond motifs is 3. The Hall–Kier alpha value is -3.23. The summed E-state index contributed by atoms with van der Waals surface area (Å²) in [6, 6.07) is 6.12. The second-order valence-electron chi connectivity index (χ2n) is 9.62. The predicted octanol–water partition coefficient (Wildman–Crippen LogP) is 3.64. The summed E-state index contributed by atoms with van der Waals surface area (Å²) in [5, 5.41) is 10.8. The number of ether oxygens (including phenoxy) is 1. The number of likely N-dealkylation sites (tertiary alicyclic amines) is 1. The summed E-state index contributed by atoms with van der Waals surface area (Å²) in [4.78, 5) is 24.1. The van der Waals surface area contributed by atoms with E-state index in [1.807, 2.05) is 35.8 Å². The van der Waals surface area contributed by atoms with E-state index >= 15 is 0 Å². The van der Waals surface area contributed by atoms with Crippen molar-refractivity contribution < 1.29 is 9.84 Å². The number of hydrogen-bond acceptors (Lipinski definition) is 6. The Balaban J connectivity index is 1.42. The van der Waals surface area contributed by atoms with Crippen LogP contribution < -0.4 is 5.69 Å². The minimum Gasteiger partial charge on any atom is -0.478 e. The van der Waals surface area contributed by atoms with Gasteiger partial charge in [0.25, 0.3) is 0 Å². The standard InChI is InChI=1S/C27H33N5O3/c1-18(6-9-25(28-2)35-13-5-12-31-10-4-11-31)19-7-8-23-22(14-19)26-24(17-29-23)30(3)27(34)32(26)20-15-21(33)16-20/h6-9,14,17,20-21,33H,2,4-5,10-13,15-16H2,1,3H3/b18-6+,25-9+/t20-,21+. The van der Waals surface area contributed by atoms with Crippen LogP contribution in [0.5, 0.6) is 0 Å². The van der Waals surface area contributed by atoms with Crippen LogP contribution in [0.25, 0.3) is 27.5 Å². The second-order valence-corrected chi connectivity index (χ2v) is 9.62. The number of nitrogens with zero attached hydrogens (tertiary/aromatic N) is 5. The summed E-state index contributed by atoms with van der Waals surface area (Å²) < 4.78 is 9.28. The van der Waals surface area contributed by atoms with Crippen LogP contribution in [0.4, 0.5) is 0 Å². The maximum atomic E-state index is 13.0. The van der Waals surface area contributed by atoms with E-state index in [1.165, 1.54) is 19.5 Å². The largest absolute Gasteiger partial charge is 0.478 e. The highest BCUT2D eigenvalue weighted by atomic mass is 16.5. The molecule has 1 aromatic carbocycles. The molecule has 2 aliphatic rings. The van der Waals surface area contributed by atoms with Gasteiger partial charge in [-0.15, -0.1) is 0 Å². The van der Waals surface area contributed by atoms with Gasteiger partial charge in [0.1, 0.15) is 0 Å². The quantitative estimate of drug-likeness (QED) is 0.221. The van der Waals surface area contributed by atoms with Gasteiger partial charge in [0, 0.05) is 31.1 Å². The average Bonchev–Trinajstić information content (AvgIpc) is 3.07. The van der Waals surface area contributed by atoms with Crippen molar-refractivity contribution in [3.8, 4) is 0 Å². The minimum absolute atomic E-state index is 0.00879. The fraction of sp³-hybridized carbons (Fsp3) is 0.444. The van der Waals surface area contributed by atoms with Gasteiger partial charge in [-0.2, -0.15) is 0 Å². The van der Waals surface area contributed by atoms with Gasteiger partial charge in [-0.25, -0.2) is 9.79 Å². The highest BCUT2D eigenvalue weighted by molar-refractivity contribution is 6.03. The Bertz CT molecular complexity index is 1370. The molecule has 5 rings (SSSR count). The van der Waals surface area contributed by atoms with Crippen molar-refractivity contribution in [3.05, 3.63) is 58.5 Å². The molecule has 0 spiro atoms. The van der Waals surface area contributed by atoms with Gasteiger partial charge >= 0.3 is 5.69 Å². The molecule has 1 N–H and O–H groups in total. The number of benzene rings is 1. The van der Waals surface area contributed by atoms with Gasteiger partial charge in [-0.1, -0.05) is 12.1 Å². The van der Waals surface area contributed by atoms with E-state index in [0.717, 1.165) is 46.0 Å². The van der Waals surface area contributed by atoms with Crippen LogP contribution in [0.1, 0.15) is 44.2 Å². The monoisotopic (exact) mass is 475 g/mol. The molecule has 2 fully saturated rings. The highest BCUT2D eigenvalue weighted by Gasteiger charge is 2.32. The third-order valence-corrected chi connectivity index (χ3v) is 7.27. The zero-order valence-electron chi connectivity index (χ0n) is 20.5. The van der Waals surface area contributed by atoms with Gasteiger partial charge < -0.3 is 14.7 Å². The van der Waals surface area contributed by atoms with Crippen molar-refractivity contribution >= 4 is 34.2 Å². The molecular weight excluding hydrogens is 442 g/mol. The Kier molecular flexibility index (Phi) is 6.58. The number of allylic oxidation sites excluding steroid dienone is 3. The first-order valence-electron chi connectivity index (χ1n) is 12.3. The van der Waals surface area contributed by atoms with E-state index in [9.17, 15) is 9.90 Å². The molecule has 0 radical (unpaired) electrons. The lowest BCUT2D eigenvalue weighted by Gasteiger charge is -2.32. The molecular formula is C27H33N5O3. The molecule has 35 heavy (non-hydrogen) atoms. The van der Waals surface area contributed by atoms with Crippen molar-refractivity contribution in [1.29, 1.82) is 0 Å². The number of aliphatic imine (C=N–C) groups is 1. The normalized spacial score (nSPS) is 21.2. The summed E-state index contributed by atoms with van der Waals surface area (Å²) in [6.45, 7) is 9.75. The number of aromatic nitrogens is 3.